The predicted octanol–water partition coefficient (Wildman–Crippen LogP) is 3.85. The van der Waals surface area contributed by atoms with Crippen molar-refractivity contribution in [2.24, 2.45) is 0 Å². The van der Waals surface area contributed by atoms with Crippen LogP contribution in [-0.2, 0) is 9.53 Å². The summed E-state index contributed by atoms with van der Waals surface area (Å²) in [5.74, 6) is 0.289. The van der Waals surface area contributed by atoms with Gasteiger partial charge in [0.05, 0.1) is 6.61 Å². The molecule has 0 bridgehead atoms. The van der Waals surface area contributed by atoms with E-state index in [4.69, 9.17) is 4.74 Å². The van der Waals surface area contributed by atoms with Crippen LogP contribution < -0.4 is 5.32 Å². The van der Waals surface area contributed by atoms with Crippen molar-refractivity contribution in [1.82, 2.24) is 5.32 Å². The van der Waals surface area contributed by atoms with E-state index in [2.05, 4.69) is 12.2 Å². The van der Waals surface area contributed by atoms with Gasteiger partial charge in [0, 0.05) is 19.5 Å². The molecule has 1 rings (SSSR count). The summed E-state index contributed by atoms with van der Waals surface area (Å²) in [6.07, 6.45) is 13.6. The number of hydrogen-bond acceptors (Lipinski definition) is 3. The lowest BCUT2D eigenvalue weighted by molar-refractivity contribution is -0.132. The standard InChI is InChI=1S/C17H33NO2/c1-2-3-4-5-6-7-8-9-10-11-12-16(19)17-15-18-13-14-20-17/h17-18H,2-15H2,1H3. The summed E-state index contributed by atoms with van der Waals surface area (Å²) < 4.78 is 5.47. The molecule has 1 aliphatic heterocycles. The van der Waals surface area contributed by atoms with E-state index < -0.39 is 0 Å². The topological polar surface area (TPSA) is 38.3 Å². The molecule has 0 saturated carbocycles. The molecule has 0 aromatic rings. The Morgan fingerprint density at radius 1 is 1.00 bits per heavy atom. The molecule has 0 spiro atoms. The zero-order valence-corrected chi connectivity index (χ0v) is 13.3. The highest BCUT2D eigenvalue weighted by molar-refractivity contribution is 5.83. The molecule has 1 N–H and O–H groups in total. The molecular formula is C17H33NO2. The Balaban J connectivity index is 1.83. The highest BCUT2D eigenvalue weighted by atomic mass is 16.5. The Labute approximate surface area is 124 Å². The van der Waals surface area contributed by atoms with Crippen molar-refractivity contribution < 1.29 is 9.53 Å². The van der Waals surface area contributed by atoms with Crippen molar-refractivity contribution in [2.75, 3.05) is 19.7 Å². The summed E-state index contributed by atoms with van der Waals surface area (Å²) in [6.45, 7) is 4.52. The van der Waals surface area contributed by atoms with E-state index in [0.29, 0.717) is 19.6 Å². The molecule has 118 valence electrons. The number of carbonyl (C=O) groups is 1. The summed E-state index contributed by atoms with van der Waals surface area (Å²) in [5, 5.41) is 3.21. The van der Waals surface area contributed by atoms with Crippen LogP contribution in [0.1, 0.15) is 77.6 Å². The van der Waals surface area contributed by atoms with Crippen LogP contribution in [0.25, 0.3) is 0 Å². The molecule has 1 heterocycles. The number of Topliss-reactive ketones (excluding diaryl/α,β-unsaturated/α-hetero) is 1. The number of unbranched alkanes of at least 4 members (excludes halogenated alkanes) is 9. The molecule has 0 aromatic heterocycles. The molecule has 1 fully saturated rings. The molecule has 0 radical (unpaired) electrons. The average Bonchev–Trinajstić information content (AvgIpc) is 2.50. The minimum absolute atomic E-state index is 0.178. The van der Waals surface area contributed by atoms with Crippen LogP contribution in [0.3, 0.4) is 0 Å². The normalized spacial score (nSPS) is 19.1. The lowest BCUT2D eigenvalue weighted by atomic mass is 10.0. The SMILES string of the molecule is CCCCCCCCCCCCC(=O)C1CNCCO1. The Bertz CT molecular complexity index is 237. The fraction of sp³-hybridized carbons (Fsp3) is 0.941. The third-order valence-corrected chi connectivity index (χ3v) is 4.06. The molecule has 1 aliphatic rings. The third kappa shape index (κ3) is 8.70. The molecule has 3 nitrogen and oxygen atoms in total. The molecule has 1 atom stereocenters. The lowest BCUT2D eigenvalue weighted by Gasteiger charge is -2.22. The lowest BCUT2D eigenvalue weighted by Crippen LogP contribution is -2.43. The first-order valence-electron chi connectivity index (χ1n) is 8.69. The molecule has 1 saturated heterocycles. The second-order valence-electron chi connectivity index (χ2n) is 5.96. The van der Waals surface area contributed by atoms with Gasteiger partial charge in [-0.15, -0.1) is 0 Å². The van der Waals surface area contributed by atoms with Crippen LogP contribution in [0.4, 0.5) is 0 Å². The Morgan fingerprint density at radius 3 is 2.15 bits per heavy atom. The third-order valence-electron chi connectivity index (χ3n) is 4.06. The van der Waals surface area contributed by atoms with E-state index in [1.54, 1.807) is 0 Å². The van der Waals surface area contributed by atoms with Gasteiger partial charge in [0.15, 0.2) is 5.78 Å². The maximum absolute atomic E-state index is 11.9. The van der Waals surface area contributed by atoms with Crippen molar-refractivity contribution in [3.63, 3.8) is 0 Å². The van der Waals surface area contributed by atoms with Gasteiger partial charge in [-0.3, -0.25) is 4.79 Å². The van der Waals surface area contributed by atoms with E-state index in [0.717, 1.165) is 13.0 Å². The quantitative estimate of drug-likeness (QED) is 0.553. The van der Waals surface area contributed by atoms with Gasteiger partial charge in [0.25, 0.3) is 0 Å². The number of morpholine rings is 1. The maximum Gasteiger partial charge on any atom is 0.162 e. The highest BCUT2D eigenvalue weighted by Gasteiger charge is 2.20. The van der Waals surface area contributed by atoms with Crippen molar-refractivity contribution in [3.8, 4) is 0 Å². The monoisotopic (exact) mass is 283 g/mol. The molecule has 0 aliphatic carbocycles. The van der Waals surface area contributed by atoms with E-state index >= 15 is 0 Å². The van der Waals surface area contributed by atoms with Crippen molar-refractivity contribution in [2.45, 2.75) is 83.7 Å². The Kier molecular flexibility index (Phi) is 10.9. The number of hydrogen-bond donors (Lipinski definition) is 1. The minimum Gasteiger partial charge on any atom is -0.368 e. The van der Waals surface area contributed by atoms with E-state index in [1.807, 2.05) is 0 Å². The molecule has 0 amide bonds. The summed E-state index contributed by atoms with van der Waals surface area (Å²) in [6, 6.07) is 0. The van der Waals surface area contributed by atoms with Crippen LogP contribution in [-0.4, -0.2) is 31.6 Å². The van der Waals surface area contributed by atoms with Gasteiger partial charge in [-0.1, -0.05) is 64.7 Å². The maximum atomic E-state index is 11.9. The predicted molar refractivity (Wildman–Crippen MR) is 84.1 cm³/mol. The van der Waals surface area contributed by atoms with Crippen LogP contribution in [0.2, 0.25) is 0 Å². The van der Waals surface area contributed by atoms with Gasteiger partial charge < -0.3 is 10.1 Å². The van der Waals surface area contributed by atoms with Gasteiger partial charge in [-0.05, 0) is 6.42 Å². The van der Waals surface area contributed by atoms with Gasteiger partial charge >= 0.3 is 0 Å². The van der Waals surface area contributed by atoms with Gasteiger partial charge in [0.2, 0.25) is 0 Å². The number of carbonyl (C=O) groups excluding carboxylic acids is 1. The van der Waals surface area contributed by atoms with Crippen molar-refractivity contribution >= 4 is 5.78 Å². The zero-order valence-electron chi connectivity index (χ0n) is 13.3. The van der Waals surface area contributed by atoms with Crippen LogP contribution in [0, 0.1) is 0 Å². The van der Waals surface area contributed by atoms with Crippen LogP contribution >= 0.6 is 0 Å². The largest absolute Gasteiger partial charge is 0.368 e. The fourth-order valence-electron chi connectivity index (χ4n) is 2.72. The molecule has 1 unspecified atom stereocenters. The van der Waals surface area contributed by atoms with E-state index in [9.17, 15) is 4.79 Å². The fourth-order valence-corrected chi connectivity index (χ4v) is 2.72. The number of ketones is 1. The molecule has 3 heteroatoms. The number of rotatable bonds is 12. The summed E-state index contributed by atoms with van der Waals surface area (Å²) >= 11 is 0. The highest BCUT2D eigenvalue weighted by Crippen LogP contribution is 2.12. The molecule has 0 aromatic carbocycles. The summed E-state index contributed by atoms with van der Waals surface area (Å²) in [7, 11) is 0. The Hall–Kier alpha value is -0.410. The van der Waals surface area contributed by atoms with Gasteiger partial charge in [-0.25, -0.2) is 0 Å². The zero-order chi connectivity index (χ0) is 14.5. The first kappa shape index (κ1) is 17.6. The molecule has 20 heavy (non-hydrogen) atoms. The van der Waals surface area contributed by atoms with E-state index in [-0.39, 0.29) is 11.9 Å². The van der Waals surface area contributed by atoms with Crippen LogP contribution in [0.15, 0.2) is 0 Å². The average molecular weight is 283 g/mol. The molecular weight excluding hydrogens is 250 g/mol. The van der Waals surface area contributed by atoms with Gasteiger partial charge in [-0.2, -0.15) is 0 Å². The second-order valence-corrected chi connectivity index (χ2v) is 5.96. The minimum atomic E-state index is -0.178. The smallest absolute Gasteiger partial charge is 0.162 e. The van der Waals surface area contributed by atoms with E-state index in [1.165, 1.54) is 57.8 Å². The summed E-state index contributed by atoms with van der Waals surface area (Å²) in [4.78, 5) is 11.9. The summed E-state index contributed by atoms with van der Waals surface area (Å²) in [5.41, 5.74) is 0. The van der Waals surface area contributed by atoms with Crippen molar-refractivity contribution in [3.05, 3.63) is 0 Å². The second kappa shape index (κ2) is 12.3. The number of nitrogens with one attached hydrogen (secondary N) is 1. The van der Waals surface area contributed by atoms with Crippen LogP contribution in [0.5, 0.6) is 0 Å². The van der Waals surface area contributed by atoms with Crippen molar-refractivity contribution in [1.29, 1.82) is 0 Å². The Morgan fingerprint density at radius 2 is 1.60 bits per heavy atom. The van der Waals surface area contributed by atoms with Gasteiger partial charge in [0.1, 0.15) is 6.10 Å². The first-order chi connectivity index (χ1) is 9.84. The first-order valence-corrected chi connectivity index (χ1v) is 8.69. The number of ether oxygens (including phenoxy) is 1.